The molecule has 1 atom stereocenters. The Bertz CT molecular complexity index is 1570. The van der Waals surface area contributed by atoms with Gasteiger partial charge in [-0.3, -0.25) is 9.69 Å². The van der Waals surface area contributed by atoms with Crippen molar-refractivity contribution in [2.45, 2.75) is 26.4 Å². The average Bonchev–Trinajstić information content (AvgIpc) is 3.59. The monoisotopic (exact) mass is 495 g/mol. The van der Waals surface area contributed by atoms with Crippen molar-refractivity contribution < 1.29 is 4.42 Å². The molecule has 37 heavy (non-hydrogen) atoms. The van der Waals surface area contributed by atoms with Crippen molar-refractivity contribution in [3.8, 4) is 0 Å². The van der Waals surface area contributed by atoms with Crippen LogP contribution in [0.3, 0.4) is 0 Å². The number of rotatable bonds is 6. The number of para-hydroxylation sites is 1. The Kier molecular flexibility index (Phi) is 6.05. The molecule has 1 aliphatic rings. The van der Waals surface area contributed by atoms with Crippen molar-refractivity contribution in [2.24, 2.45) is 0 Å². The second kappa shape index (κ2) is 9.67. The fraction of sp³-hybridized carbons (Fsp3) is 0.286. The normalized spacial score (nSPS) is 15.4. The standard InChI is InChI=1S/C28H29N7O2/c1-19-15-20(2)23-17-24(28(36)29-25(23)16-19)26(27-30-31-32-35(27)18-22-9-6-14-37-22)34-12-10-33(11-13-34)21-7-4-3-5-8-21/h3-9,14-17,26H,10-13,18H2,1-2H3,(H,29,36). The van der Waals surface area contributed by atoms with E-state index in [1.807, 2.05) is 37.3 Å². The van der Waals surface area contributed by atoms with E-state index in [0.29, 0.717) is 17.9 Å². The van der Waals surface area contributed by atoms with Crippen LogP contribution in [0.1, 0.15) is 34.3 Å². The average molecular weight is 496 g/mol. The summed E-state index contributed by atoms with van der Waals surface area (Å²) in [7, 11) is 0. The lowest BCUT2D eigenvalue weighted by Crippen LogP contribution is -2.49. The number of anilines is 1. The lowest BCUT2D eigenvalue weighted by molar-refractivity contribution is 0.200. The number of H-pyrrole nitrogens is 1. The lowest BCUT2D eigenvalue weighted by atomic mass is 9.99. The third-order valence-corrected chi connectivity index (χ3v) is 7.13. The van der Waals surface area contributed by atoms with E-state index in [1.165, 1.54) is 5.69 Å². The molecule has 1 saturated heterocycles. The summed E-state index contributed by atoms with van der Waals surface area (Å²) in [6.45, 7) is 7.70. The van der Waals surface area contributed by atoms with Crippen LogP contribution in [0.5, 0.6) is 0 Å². The number of aromatic nitrogens is 5. The van der Waals surface area contributed by atoms with Crippen molar-refractivity contribution in [1.82, 2.24) is 30.1 Å². The maximum absolute atomic E-state index is 13.6. The van der Waals surface area contributed by atoms with E-state index < -0.39 is 6.04 Å². The van der Waals surface area contributed by atoms with E-state index in [0.717, 1.165) is 54.0 Å². The Balaban J connectivity index is 1.41. The number of furan rings is 1. The smallest absolute Gasteiger partial charge is 0.253 e. The highest BCUT2D eigenvalue weighted by atomic mass is 16.3. The molecule has 4 heterocycles. The van der Waals surface area contributed by atoms with E-state index in [1.54, 1.807) is 10.9 Å². The molecule has 1 aliphatic heterocycles. The Morgan fingerprint density at radius 2 is 1.81 bits per heavy atom. The SMILES string of the molecule is Cc1cc(C)c2cc(C(c3nnnn3Cc3ccco3)N3CCN(c4ccccc4)CC3)c(=O)[nH]c2c1. The summed E-state index contributed by atoms with van der Waals surface area (Å²) in [5, 5.41) is 13.7. The van der Waals surface area contributed by atoms with E-state index in [4.69, 9.17) is 4.42 Å². The Morgan fingerprint density at radius 3 is 2.57 bits per heavy atom. The van der Waals surface area contributed by atoms with Gasteiger partial charge >= 0.3 is 0 Å². The number of nitrogens with one attached hydrogen (secondary N) is 1. The van der Waals surface area contributed by atoms with Crippen molar-refractivity contribution >= 4 is 16.6 Å². The Labute approximate surface area is 214 Å². The van der Waals surface area contributed by atoms with Crippen LogP contribution < -0.4 is 10.5 Å². The van der Waals surface area contributed by atoms with Gasteiger partial charge in [0.15, 0.2) is 5.82 Å². The largest absolute Gasteiger partial charge is 0.467 e. The molecule has 9 heteroatoms. The van der Waals surface area contributed by atoms with Crippen LogP contribution in [0.2, 0.25) is 0 Å². The molecule has 1 unspecified atom stereocenters. The molecule has 2 aromatic carbocycles. The molecule has 5 aromatic rings. The van der Waals surface area contributed by atoms with Crippen LogP contribution >= 0.6 is 0 Å². The summed E-state index contributed by atoms with van der Waals surface area (Å²) in [6.07, 6.45) is 1.64. The van der Waals surface area contributed by atoms with Gasteiger partial charge in [0.1, 0.15) is 18.3 Å². The first-order chi connectivity index (χ1) is 18.1. The van der Waals surface area contributed by atoms with Gasteiger partial charge < -0.3 is 14.3 Å². The van der Waals surface area contributed by atoms with E-state index >= 15 is 0 Å². The number of hydrogen-bond donors (Lipinski definition) is 1. The van der Waals surface area contributed by atoms with Gasteiger partial charge in [-0.1, -0.05) is 24.3 Å². The number of aromatic amines is 1. The van der Waals surface area contributed by atoms with Gasteiger partial charge in [0.25, 0.3) is 5.56 Å². The molecule has 9 nitrogen and oxygen atoms in total. The van der Waals surface area contributed by atoms with Gasteiger partial charge in [-0.25, -0.2) is 4.68 Å². The predicted octanol–water partition coefficient (Wildman–Crippen LogP) is 3.68. The summed E-state index contributed by atoms with van der Waals surface area (Å²) < 4.78 is 7.29. The number of pyridine rings is 1. The lowest BCUT2D eigenvalue weighted by Gasteiger charge is -2.39. The highest BCUT2D eigenvalue weighted by Gasteiger charge is 2.33. The molecule has 1 N–H and O–H groups in total. The number of piperazine rings is 1. The van der Waals surface area contributed by atoms with Crippen LogP contribution in [-0.2, 0) is 6.54 Å². The molecular weight excluding hydrogens is 466 g/mol. The van der Waals surface area contributed by atoms with Crippen molar-refractivity contribution in [3.05, 3.63) is 106 Å². The zero-order chi connectivity index (χ0) is 25.4. The van der Waals surface area contributed by atoms with Gasteiger partial charge in [-0.2, -0.15) is 0 Å². The zero-order valence-electron chi connectivity index (χ0n) is 21.0. The maximum atomic E-state index is 13.6. The number of aryl methyl sites for hydroxylation is 2. The molecule has 0 amide bonds. The number of hydrogen-bond acceptors (Lipinski definition) is 7. The minimum absolute atomic E-state index is 0.125. The third-order valence-electron chi connectivity index (χ3n) is 7.13. The van der Waals surface area contributed by atoms with Gasteiger partial charge in [-0.05, 0) is 71.8 Å². The fourth-order valence-electron chi connectivity index (χ4n) is 5.34. The van der Waals surface area contributed by atoms with Crippen LogP contribution in [0.15, 0.2) is 76.1 Å². The molecule has 0 bridgehead atoms. The quantitative estimate of drug-likeness (QED) is 0.384. The fourth-order valence-corrected chi connectivity index (χ4v) is 5.34. The molecule has 0 radical (unpaired) electrons. The number of fused-ring (bicyclic) bond motifs is 1. The zero-order valence-corrected chi connectivity index (χ0v) is 21.0. The highest BCUT2D eigenvalue weighted by Crippen LogP contribution is 2.30. The van der Waals surface area contributed by atoms with E-state index in [-0.39, 0.29) is 5.56 Å². The van der Waals surface area contributed by atoms with Crippen LogP contribution in [-0.4, -0.2) is 56.3 Å². The van der Waals surface area contributed by atoms with Crippen molar-refractivity contribution in [1.29, 1.82) is 0 Å². The summed E-state index contributed by atoms with van der Waals surface area (Å²) in [6, 6.07) is 19.9. The minimum atomic E-state index is -0.406. The molecule has 0 saturated carbocycles. The topological polar surface area (TPSA) is 96.1 Å². The summed E-state index contributed by atoms with van der Waals surface area (Å²) in [5.41, 5.74) is 4.80. The maximum Gasteiger partial charge on any atom is 0.253 e. The number of nitrogens with zero attached hydrogens (tertiary/aromatic N) is 6. The van der Waals surface area contributed by atoms with E-state index in [9.17, 15) is 4.79 Å². The first-order valence-electron chi connectivity index (χ1n) is 12.5. The number of tetrazole rings is 1. The third kappa shape index (κ3) is 4.53. The molecule has 188 valence electrons. The number of benzene rings is 2. The Hall–Kier alpha value is -4.24. The summed E-state index contributed by atoms with van der Waals surface area (Å²) in [4.78, 5) is 21.4. The molecule has 3 aromatic heterocycles. The molecule has 0 spiro atoms. The highest BCUT2D eigenvalue weighted by molar-refractivity contribution is 5.83. The van der Waals surface area contributed by atoms with Gasteiger partial charge in [0.05, 0.1) is 6.26 Å². The first kappa shape index (κ1) is 23.2. The van der Waals surface area contributed by atoms with Crippen LogP contribution in [0, 0.1) is 13.8 Å². The second-order valence-corrected chi connectivity index (χ2v) is 9.63. The molecular formula is C28H29N7O2. The molecule has 0 aliphatic carbocycles. The first-order valence-corrected chi connectivity index (χ1v) is 12.5. The Morgan fingerprint density at radius 1 is 1.00 bits per heavy atom. The molecule has 1 fully saturated rings. The summed E-state index contributed by atoms with van der Waals surface area (Å²) >= 11 is 0. The van der Waals surface area contributed by atoms with Crippen LogP contribution in [0.4, 0.5) is 5.69 Å². The van der Waals surface area contributed by atoms with Crippen LogP contribution in [0.25, 0.3) is 10.9 Å². The van der Waals surface area contributed by atoms with Gasteiger partial charge in [0.2, 0.25) is 0 Å². The second-order valence-electron chi connectivity index (χ2n) is 9.63. The minimum Gasteiger partial charge on any atom is -0.467 e. The van der Waals surface area contributed by atoms with Gasteiger partial charge in [-0.15, -0.1) is 5.10 Å². The predicted molar refractivity (Wildman–Crippen MR) is 142 cm³/mol. The van der Waals surface area contributed by atoms with Gasteiger partial charge in [0, 0.05) is 48.3 Å². The molecule has 6 rings (SSSR count). The van der Waals surface area contributed by atoms with E-state index in [2.05, 4.69) is 67.6 Å². The summed E-state index contributed by atoms with van der Waals surface area (Å²) in [5.74, 6) is 1.37. The van der Waals surface area contributed by atoms with Crippen molar-refractivity contribution in [2.75, 3.05) is 31.1 Å². The van der Waals surface area contributed by atoms with Crippen molar-refractivity contribution in [3.63, 3.8) is 0 Å².